The van der Waals surface area contributed by atoms with Crippen molar-refractivity contribution in [3.8, 4) is 0 Å². The number of carbonyl (C=O) groups excluding carboxylic acids is 2. The molecule has 0 aliphatic rings. The molecule has 3 aromatic rings. The lowest BCUT2D eigenvalue weighted by Crippen LogP contribution is -2.24. The molecule has 170 valence electrons. The number of nitrogens with two attached hydrogens (primary N) is 1. The Hall–Kier alpha value is -3.86. The van der Waals surface area contributed by atoms with Crippen LogP contribution >= 0.6 is 0 Å². The molecule has 0 aliphatic heterocycles. The van der Waals surface area contributed by atoms with E-state index in [-0.39, 0.29) is 23.1 Å². The Kier molecular flexibility index (Phi) is 7.60. The van der Waals surface area contributed by atoms with Crippen LogP contribution in [0.4, 0.5) is 0 Å². The summed E-state index contributed by atoms with van der Waals surface area (Å²) in [5.74, 6) is -2.22. The Bertz CT molecular complexity index is 1150. The van der Waals surface area contributed by atoms with Crippen molar-refractivity contribution in [3.05, 3.63) is 58.7 Å². The third kappa shape index (κ3) is 6.08. The number of carboxylic acids is 1. The number of carboxylic acid groups (broad SMARTS) is 1. The normalized spacial score (nSPS) is 10.8. The molecule has 3 N–H and O–H groups in total. The molecule has 0 bridgehead atoms. The van der Waals surface area contributed by atoms with Gasteiger partial charge >= 0.3 is 17.9 Å². The standard InChI is InChI=1S/C13H19NO2.C8H6N4O4/c1-9-7-10(8-14)5-6-11(9)12(15)16-13(2,3)4;1-16-7(15)5-2-4(6(13)14)11-8-9-3-10-12(5)8/h5-7H,8,14H2,1-4H3;2-3H,1H3,(H,13,14). The lowest BCUT2D eigenvalue weighted by Gasteiger charge is -2.20. The van der Waals surface area contributed by atoms with Gasteiger partial charge in [-0.1, -0.05) is 12.1 Å². The molecule has 1 aromatic carbocycles. The molecular formula is C21H25N5O6. The smallest absolute Gasteiger partial charge is 0.356 e. The van der Waals surface area contributed by atoms with Crippen molar-refractivity contribution >= 4 is 23.7 Å². The highest BCUT2D eigenvalue weighted by atomic mass is 16.6. The fourth-order valence-electron chi connectivity index (χ4n) is 2.59. The number of esters is 2. The molecule has 11 heteroatoms. The zero-order valence-corrected chi connectivity index (χ0v) is 18.4. The topological polar surface area (TPSA) is 159 Å². The molecule has 0 spiro atoms. The molecule has 11 nitrogen and oxygen atoms in total. The SMILES string of the molecule is COC(=O)c1cc(C(=O)O)nc2ncnn12.Cc1cc(CN)ccc1C(=O)OC(C)(C)C. The first-order chi connectivity index (χ1) is 15.0. The molecule has 0 amide bonds. The van der Waals surface area contributed by atoms with Crippen LogP contribution in [0.3, 0.4) is 0 Å². The van der Waals surface area contributed by atoms with E-state index in [2.05, 4.69) is 19.8 Å². The van der Waals surface area contributed by atoms with E-state index in [9.17, 15) is 14.4 Å². The van der Waals surface area contributed by atoms with Crippen LogP contribution in [-0.4, -0.2) is 55.3 Å². The van der Waals surface area contributed by atoms with Crippen LogP contribution in [-0.2, 0) is 16.0 Å². The zero-order chi connectivity index (χ0) is 24.1. The summed E-state index contributed by atoms with van der Waals surface area (Å²) in [5, 5.41) is 12.5. The highest BCUT2D eigenvalue weighted by Gasteiger charge is 2.19. The minimum atomic E-state index is -1.25. The number of fused-ring (bicyclic) bond motifs is 1. The van der Waals surface area contributed by atoms with Gasteiger partial charge in [-0.25, -0.2) is 19.4 Å². The largest absolute Gasteiger partial charge is 0.477 e. The lowest BCUT2D eigenvalue weighted by atomic mass is 10.0. The van der Waals surface area contributed by atoms with E-state index in [1.165, 1.54) is 13.4 Å². The Morgan fingerprint density at radius 1 is 1.16 bits per heavy atom. The predicted octanol–water partition coefficient (Wildman–Crippen LogP) is 2.02. The third-order valence-corrected chi connectivity index (χ3v) is 4.01. The van der Waals surface area contributed by atoms with Crippen molar-refractivity contribution < 1.29 is 29.0 Å². The summed E-state index contributed by atoms with van der Waals surface area (Å²) < 4.78 is 10.9. The number of aromatic carboxylic acids is 1. The molecule has 0 radical (unpaired) electrons. The molecule has 0 unspecified atom stereocenters. The highest BCUT2D eigenvalue weighted by molar-refractivity contribution is 5.93. The third-order valence-electron chi connectivity index (χ3n) is 4.01. The van der Waals surface area contributed by atoms with Crippen molar-refractivity contribution in [1.29, 1.82) is 0 Å². The monoisotopic (exact) mass is 443 g/mol. The Morgan fingerprint density at radius 3 is 2.38 bits per heavy atom. The van der Waals surface area contributed by atoms with E-state index in [4.69, 9.17) is 15.6 Å². The lowest BCUT2D eigenvalue weighted by molar-refractivity contribution is 0.00683. The minimum Gasteiger partial charge on any atom is -0.477 e. The van der Waals surface area contributed by atoms with E-state index in [1.54, 1.807) is 6.07 Å². The van der Waals surface area contributed by atoms with Crippen LogP contribution in [0.15, 0.2) is 30.6 Å². The molecule has 0 saturated carbocycles. The number of aryl methyl sites for hydroxylation is 1. The first-order valence-electron chi connectivity index (χ1n) is 9.52. The number of rotatable bonds is 4. The maximum atomic E-state index is 11.8. The van der Waals surface area contributed by atoms with Crippen LogP contribution in [0, 0.1) is 6.92 Å². The number of ether oxygens (including phenoxy) is 2. The second-order valence-electron chi connectivity index (χ2n) is 7.65. The molecule has 0 atom stereocenters. The summed E-state index contributed by atoms with van der Waals surface area (Å²) >= 11 is 0. The molecule has 32 heavy (non-hydrogen) atoms. The molecule has 0 aliphatic carbocycles. The zero-order valence-electron chi connectivity index (χ0n) is 18.4. The molecule has 3 rings (SSSR count). The van der Waals surface area contributed by atoms with E-state index in [0.29, 0.717) is 12.1 Å². The summed E-state index contributed by atoms with van der Waals surface area (Å²) in [6.45, 7) is 7.94. The van der Waals surface area contributed by atoms with Gasteiger partial charge in [0, 0.05) is 12.6 Å². The summed E-state index contributed by atoms with van der Waals surface area (Å²) in [4.78, 5) is 41.4. The predicted molar refractivity (Wildman–Crippen MR) is 113 cm³/mol. The van der Waals surface area contributed by atoms with Gasteiger partial charge in [-0.15, -0.1) is 0 Å². The van der Waals surface area contributed by atoms with Crippen molar-refractivity contribution in [2.75, 3.05) is 7.11 Å². The number of benzene rings is 1. The minimum absolute atomic E-state index is 0.0281. The van der Waals surface area contributed by atoms with Gasteiger partial charge in [0.25, 0.3) is 5.78 Å². The first-order valence-corrected chi connectivity index (χ1v) is 9.52. The Morgan fingerprint density at radius 2 is 1.84 bits per heavy atom. The van der Waals surface area contributed by atoms with Crippen LogP contribution in [0.5, 0.6) is 0 Å². The number of hydrogen-bond donors (Lipinski definition) is 2. The number of nitrogens with zero attached hydrogens (tertiary/aromatic N) is 4. The van der Waals surface area contributed by atoms with Crippen LogP contribution in [0.2, 0.25) is 0 Å². The van der Waals surface area contributed by atoms with Gasteiger partial charge in [-0.2, -0.15) is 14.6 Å². The highest BCUT2D eigenvalue weighted by Crippen LogP contribution is 2.16. The number of hydrogen-bond acceptors (Lipinski definition) is 9. The maximum Gasteiger partial charge on any atom is 0.356 e. The average Bonchev–Trinajstić information content (AvgIpc) is 3.20. The summed E-state index contributed by atoms with van der Waals surface area (Å²) in [6, 6.07) is 6.62. The van der Waals surface area contributed by atoms with E-state index >= 15 is 0 Å². The Labute approximate surface area is 184 Å². The summed E-state index contributed by atoms with van der Waals surface area (Å²) in [7, 11) is 1.19. The number of aromatic nitrogens is 4. The van der Waals surface area contributed by atoms with Crippen LogP contribution < -0.4 is 5.73 Å². The second-order valence-corrected chi connectivity index (χ2v) is 7.65. The van der Waals surface area contributed by atoms with E-state index < -0.39 is 17.5 Å². The van der Waals surface area contributed by atoms with Crippen LogP contribution in [0.1, 0.15) is 63.2 Å². The van der Waals surface area contributed by atoms with E-state index in [0.717, 1.165) is 21.7 Å². The average molecular weight is 443 g/mol. The summed E-state index contributed by atoms with van der Waals surface area (Å²) in [5.41, 5.74) is 7.26. The van der Waals surface area contributed by atoms with Crippen molar-refractivity contribution in [1.82, 2.24) is 19.6 Å². The van der Waals surface area contributed by atoms with Crippen LogP contribution in [0.25, 0.3) is 5.78 Å². The fraction of sp³-hybridized carbons (Fsp3) is 0.333. The first kappa shape index (κ1) is 24.4. The number of methoxy groups -OCH3 is 1. The van der Waals surface area contributed by atoms with Gasteiger partial charge in [0.05, 0.1) is 12.7 Å². The quantitative estimate of drug-likeness (QED) is 0.571. The van der Waals surface area contributed by atoms with Crippen molar-refractivity contribution in [2.24, 2.45) is 5.73 Å². The molecule has 0 saturated heterocycles. The molecule has 2 heterocycles. The van der Waals surface area contributed by atoms with Gasteiger partial charge in [0.2, 0.25) is 0 Å². The van der Waals surface area contributed by atoms with Gasteiger partial charge in [-0.3, -0.25) is 0 Å². The summed E-state index contributed by atoms with van der Waals surface area (Å²) in [6.07, 6.45) is 1.17. The van der Waals surface area contributed by atoms with Gasteiger partial charge in [-0.05, 0) is 44.9 Å². The maximum absolute atomic E-state index is 11.8. The van der Waals surface area contributed by atoms with Gasteiger partial charge in [0.15, 0.2) is 11.4 Å². The van der Waals surface area contributed by atoms with Crippen molar-refractivity contribution in [3.63, 3.8) is 0 Å². The second kappa shape index (κ2) is 9.96. The molecule has 2 aromatic heterocycles. The van der Waals surface area contributed by atoms with Gasteiger partial charge in [0.1, 0.15) is 11.9 Å². The van der Waals surface area contributed by atoms with Crippen molar-refractivity contribution in [2.45, 2.75) is 39.8 Å². The molecule has 0 fully saturated rings. The van der Waals surface area contributed by atoms with Gasteiger partial charge < -0.3 is 20.3 Å². The number of carbonyl (C=O) groups is 3. The molecular weight excluding hydrogens is 418 g/mol. The fourth-order valence-corrected chi connectivity index (χ4v) is 2.59. The Balaban J connectivity index is 0.000000227. The van der Waals surface area contributed by atoms with E-state index in [1.807, 2.05) is 39.8 Å².